The van der Waals surface area contributed by atoms with E-state index in [2.05, 4.69) is 5.32 Å². The van der Waals surface area contributed by atoms with Crippen LogP contribution in [0.5, 0.6) is 5.75 Å². The standard InChI is InChI=1S/C13H17Cl2NO2/c14-10-7-11(15)9-13(8-10)18-6-3-16-12-1-4-17-5-2-12/h7-9,12,16H,1-6H2. The molecule has 0 aliphatic carbocycles. The molecule has 1 aromatic rings. The molecule has 1 N–H and O–H groups in total. The van der Waals surface area contributed by atoms with Gasteiger partial charge in [-0.3, -0.25) is 0 Å². The van der Waals surface area contributed by atoms with Gasteiger partial charge in [0.05, 0.1) is 0 Å². The van der Waals surface area contributed by atoms with Crippen LogP contribution in [0.2, 0.25) is 10.0 Å². The first-order valence-corrected chi connectivity index (χ1v) is 6.89. The van der Waals surface area contributed by atoms with Gasteiger partial charge in [0.2, 0.25) is 0 Å². The third kappa shape index (κ3) is 4.65. The maximum absolute atomic E-state index is 5.89. The lowest BCUT2D eigenvalue weighted by Crippen LogP contribution is -2.37. The fourth-order valence-electron chi connectivity index (χ4n) is 1.95. The highest BCUT2D eigenvalue weighted by atomic mass is 35.5. The Morgan fingerprint density at radius 1 is 1.17 bits per heavy atom. The lowest BCUT2D eigenvalue weighted by atomic mass is 10.1. The summed E-state index contributed by atoms with van der Waals surface area (Å²) in [6.07, 6.45) is 2.14. The van der Waals surface area contributed by atoms with E-state index in [-0.39, 0.29) is 0 Å². The van der Waals surface area contributed by atoms with Crippen LogP contribution < -0.4 is 10.1 Å². The van der Waals surface area contributed by atoms with Gasteiger partial charge in [-0.1, -0.05) is 23.2 Å². The summed E-state index contributed by atoms with van der Waals surface area (Å²) in [6.45, 7) is 3.12. The van der Waals surface area contributed by atoms with E-state index >= 15 is 0 Å². The van der Waals surface area contributed by atoms with Gasteiger partial charge in [-0.05, 0) is 31.0 Å². The van der Waals surface area contributed by atoms with Crippen molar-refractivity contribution in [3.63, 3.8) is 0 Å². The molecule has 0 bridgehead atoms. The molecule has 1 saturated heterocycles. The Bertz CT molecular complexity index is 361. The normalized spacial score (nSPS) is 16.8. The second-order valence-electron chi connectivity index (χ2n) is 4.29. The molecular weight excluding hydrogens is 273 g/mol. The van der Waals surface area contributed by atoms with E-state index in [1.165, 1.54) is 0 Å². The number of hydrogen-bond acceptors (Lipinski definition) is 3. The molecule has 1 aliphatic heterocycles. The molecule has 3 nitrogen and oxygen atoms in total. The van der Waals surface area contributed by atoms with Crippen molar-refractivity contribution < 1.29 is 9.47 Å². The molecule has 100 valence electrons. The zero-order valence-corrected chi connectivity index (χ0v) is 11.6. The zero-order chi connectivity index (χ0) is 12.8. The molecule has 1 fully saturated rings. The minimum atomic E-state index is 0.547. The van der Waals surface area contributed by atoms with Gasteiger partial charge in [-0.15, -0.1) is 0 Å². The molecule has 0 aromatic heterocycles. The average Bonchev–Trinajstić information content (AvgIpc) is 2.35. The lowest BCUT2D eigenvalue weighted by Gasteiger charge is -2.23. The van der Waals surface area contributed by atoms with Crippen LogP contribution in [-0.4, -0.2) is 32.4 Å². The number of halogens is 2. The highest BCUT2D eigenvalue weighted by Crippen LogP contribution is 2.23. The molecule has 0 amide bonds. The van der Waals surface area contributed by atoms with Gasteiger partial charge >= 0.3 is 0 Å². The quantitative estimate of drug-likeness (QED) is 0.845. The van der Waals surface area contributed by atoms with Crippen LogP contribution in [0.15, 0.2) is 18.2 Å². The second kappa shape index (κ2) is 7.19. The summed E-state index contributed by atoms with van der Waals surface area (Å²) in [5.41, 5.74) is 0. The summed E-state index contributed by atoms with van der Waals surface area (Å²) >= 11 is 11.8. The van der Waals surface area contributed by atoms with E-state index in [1.807, 2.05) is 0 Å². The SMILES string of the molecule is Clc1cc(Cl)cc(OCCNC2CCOCC2)c1. The monoisotopic (exact) mass is 289 g/mol. The minimum Gasteiger partial charge on any atom is -0.492 e. The van der Waals surface area contributed by atoms with Crippen molar-refractivity contribution in [3.8, 4) is 5.75 Å². The molecule has 0 unspecified atom stereocenters. The first-order valence-electron chi connectivity index (χ1n) is 6.14. The number of hydrogen-bond donors (Lipinski definition) is 1. The van der Waals surface area contributed by atoms with E-state index < -0.39 is 0 Å². The van der Waals surface area contributed by atoms with Crippen molar-refractivity contribution in [2.75, 3.05) is 26.4 Å². The molecule has 0 radical (unpaired) electrons. The van der Waals surface area contributed by atoms with Gasteiger partial charge in [0.15, 0.2) is 0 Å². The predicted octanol–water partition coefficient (Wildman–Crippen LogP) is 3.14. The number of ether oxygens (including phenoxy) is 2. The van der Waals surface area contributed by atoms with Crippen LogP contribution >= 0.6 is 23.2 Å². The maximum atomic E-state index is 5.89. The topological polar surface area (TPSA) is 30.5 Å². The Morgan fingerprint density at radius 3 is 2.50 bits per heavy atom. The molecule has 0 saturated carbocycles. The number of rotatable bonds is 5. The van der Waals surface area contributed by atoms with Crippen molar-refractivity contribution in [2.24, 2.45) is 0 Å². The Hall–Kier alpha value is -0.480. The van der Waals surface area contributed by atoms with Crippen LogP contribution in [0.3, 0.4) is 0 Å². The number of nitrogens with one attached hydrogen (secondary N) is 1. The molecular formula is C13H17Cl2NO2. The molecule has 5 heteroatoms. The Labute approximate surface area is 117 Å². The minimum absolute atomic E-state index is 0.547. The first-order chi connectivity index (χ1) is 8.74. The molecule has 18 heavy (non-hydrogen) atoms. The summed E-state index contributed by atoms with van der Waals surface area (Å²) in [5, 5.41) is 4.64. The first kappa shape index (κ1) is 13.9. The van der Waals surface area contributed by atoms with E-state index in [1.54, 1.807) is 18.2 Å². The Balaban J connectivity index is 1.68. The maximum Gasteiger partial charge on any atom is 0.122 e. The fourth-order valence-corrected chi connectivity index (χ4v) is 2.45. The van der Waals surface area contributed by atoms with Gasteiger partial charge in [-0.25, -0.2) is 0 Å². The molecule has 1 aromatic carbocycles. The smallest absolute Gasteiger partial charge is 0.122 e. The third-order valence-electron chi connectivity index (χ3n) is 2.86. The van der Waals surface area contributed by atoms with E-state index in [4.69, 9.17) is 32.7 Å². The van der Waals surface area contributed by atoms with Gasteiger partial charge in [0.1, 0.15) is 12.4 Å². The highest BCUT2D eigenvalue weighted by Gasteiger charge is 2.12. The molecule has 1 heterocycles. The van der Waals surface area contributed by atoms with Crippen molar-refractivity contribution in [1.29, 1.82) is 0 Å². The summed E-state index contributed by atoms with van der Waals surface area (Å²) < 4.78 is 10.9. The lowest BCUT2D eigenvalue weighted by molar-refractivity contribution is 0.0770. The van der Waals surface area contributed by atoms with Gasteiger partial charge in [0, 0.05) is 35.8 Å². The van der Waals surface area contributed by atoms with Crippen molar-refractivity contribution >= 4 is 23.2 Å². The Kier molecular flexibility index (Phi) is 5.57. The Morgan fingerprint density at radius 2 is 1.83 bits per heavy atom. The van der Waals surface area contributed by atoms with Gasteiger partial charge < -0.3 is 14.8 Å². The predicted molar refractivity (Wildman–Crippen MR) is 73.8 cm³/mol. The van der Waals surface area contributed by atoms with E-state index in [0.29, 0.717) is 28.4 Å². The van der Waals surface area contributed by atoms with Crippen LogP contribution in [0.4, 0.5) is 0 Å². The number of benzene rings is 1. The fraction of sp³-hybridized carbons (Fsp3) is 0.538. The summed E-state index contributed by atoms with van der Waals surface area (Å²) in [5.74, 6) is 0.710. The molecule has 1 aliphatic rings. The molecule has 0 atom stereocenters. The van der Waals surface area contributed by atoms with E-state index in [0.717, 1.165) is 32.6 Å². The molecule has 2 rings (SSSR count). The van der Waals surface area contributed by atoms with Crippen molar-refractivity contribution in [1.82, 2.24) is 5.32 Å². The highest BCUT2D eigenvalue weighted by molar-refractivity contribution is 6.34. The van der Waals surface area contributed by atoms with Crippen LogP contribution in [0.25, 0.3) is 0 Å². The second-order valence-corrected chi connectivity index (χ2v) is 5.17. The van der Waals surface area contributed by atoms with Gasteiger partial charge in [-0.2, -0.15) is 0 Å². The zero-order valence-electron chi connectivity index (χ0n) is 10.1. The summed E-state index contributed by atoms with van der Waals surface area (Å²) in [4.78, 5) is 0. The summed E-state index contributed by atoms with van der Waals surface area (Å²) in [7, 11) is 0. The van der Waals surface area contributed by atoms with Crippen molar-refractivity contribution in [2.45, 2.75) is 18.9 Å². The largest absolute Gasteiger partial charge is 0.492 e. The van der Waals surface area contributed by atoms with Crippen LogP contribution in [0.1, 0.15) is 12.8 Å². The molecule has 0 spiro atoms. The third-order valence-corrected chi connectivity index (χ3v) is 3.30. The van der Waals surface area contributed by atoms with Crippen molar-refractivity contribution in [3.05, 3.63) is 28.2 Å². The van der Waals surface area contributed by atoms with Crippen LogP contribution in [0, 0.1) is 0 Å². The average molecular weight is 290 g/mol. The summed E-state index contributed by atoms with van der Waals surface area (Å²) in [6, 6.07) is 5.77. The van der Waals surface area contributed by atoms with Crippen LogP contribution in [-0.2, 0) is 4.74 Å². The van der Waals surface area contributed by atoms with E-state index in [9.17, 15) is 0 Å². The van der Waals surface area contributed by atoms with Gasteiger partial charge in [0.25, 0.3) is 0 Å².